The van der Waals surface area contributed by atoms with E-state index in [1.807, 2.05) is 36.4 Å². The van der Waals surface area contributed by atoms with E-state index >= 15 is 0 Å². The van der Waals surface area contributed by atoms with E-state index in [-0.39, 0.29) is 5.91 Å². The van der Waals surface area contributed by atoms with Crippen LogP contribution in [0.1, 0.15) is 11.1 Å². The Bertz CT molecular complexity index is 671. The molecule has 0 saturated heterocycles. The number of hydrogen-bond donors (Lipinski definition) is 0. The molecule has 0 saturated carbocycles. The van der Waals surface area contributed by atoms with Gasteiger partial charge >= 0.3 is 0 Å². The molecule has 1 aliphatic rings. The molecule has 4 heteroatoms. The van der Waals surface area contributed by atoms with E-state index in [4.69, 9.17) is 23.2 Å². The number of rotatable bonds is 1. The first-order valence-electron chi connectivity index (χ1n) is 5.88. The van der Waals surface area contributed by atoms with E-state index in [2.05, 4.69) is 0 Å². The van der Waals surface area contributed by atoms with Crippen molar-refractivity contribution in [2.24, 2.45) is 0 Å². The second-order valence-corrected chi connectivity index (χ2v) is 5.49. The zero-order chi connectivity index (χ0) is 13.6. The number of carbonyl (C=O) groups excluding carboxylic acids is 1. The number of fused-ring (bicyclic) bond motifs is 1. The van der Waals surface area contributed by atoms with Crippen molar-refractivity contribution in [3.8, 4) is 0 Å². The maximum absolute atomic E-state index is 12.6. The molecule has 1 amide bonds. The van der Waals surface area contributed by atoms with Crippen LogP contribution >= 0.6 is 23.2 Å². The molecule has 2 aromatic carbocycles. The van der Waals surface area contributed by atoms with Gasteiger partial charge in [-0.3, -0.25) is 4.79 Å². The average Bonchev–Trinajstić information content (AvgIpc) is 2.63. The molecular weight excluding hydrogens is 281 g/mol. The number of para-hydroxylation sites is 1. The third-order valence-electron chi connectivity index (χ3n) is 3.48. The number of nitrogens with zero attached hydrogens (tertiary/aromatic N) is 1. The molecule has 1 heterocycles. The molecule has 0 spiro atoms. The van der Waals surface area contributed by atoms with E-state index in [1.54, 1.807) is 24.1 Å². The highest BCUT2D eigenvalue weighted by Gasteiger charge is 2.50. The van der Waals surface area contributed by atoms with Crippen molar-refractivity contribution in [1.29, 1.82) is 0 Å². The van der Waals surface area contributed by atoms with Crippen molar-refractivity contribution in [3.05, 3.63) is 64.7 Å². The van der Waals surface area contributed by atoms with Crippen LogP contribution in [0.15, 0.2) is 48.5 Å². The molecule has 0 bridgehead atoms. The summed E-state index contributed by atoms with van der Waals surface area (Å²) in [5.41, 5.74) is 2.22. The molecule has 0 aromatic heterocycles. The Labute approximate surface area is 121 Å². The van der Waals surface area contributed by atoms with Crippen molar-refractivity contribution in [2.75, 3.05) is 11.9 Å². The summed E-state index contributed by atoms with van der Waals surface area (Å²) in [5.74, 6) is -0.177. The van der Waals surface area contributed by atoms with Crippen LogP contribution in [0.4, 0.5) is 5.69 Å². The minimum Gasteiger partial charge on any atom is -0.313 e. The lowest BCUT2D eigenvalue weighted by molar-refractivity contribution is -0.119. The second-order valence-electron chi connectivity index (χ2n) is 4.52. The van der Waals surface area contributed by atoms with E-state index in [9.17, 15) is 4.79 Å². The minimum atomic E-state index is -1.23. The Balaban J connectivity index is 2.31. The fourth-order valence-corrected chi connectivity index (χ4v) is 3.29. The predicted octanol–water partition coefficient (Wildman–Crippen LogP) is 3.80. The van der Waals surface area contributed by atoms with Gasteiger partial charge in [0.15, 0.2) is 4.87 Å². The van der Waals surface area contributed by atoms with Gasteiger partial charge < -0.3 is 4.90 Å². The Morgan fingerprint density at radius 1 is 1.00 bits per heavy atom. The van der Waals surface area contributed by atoms with Crippen LogP contribution in [0.25, 0.3) is 0 Å². The third kappa shape index (κ3) is 1.60. The molecule has 1 aliphatic heterocycles. The van der Waals surface area contributed by atoms with Crippen LogP contribution < -0.4 is 4.90 Å². The van der Waals surface area contributed by atoms with E-state index in [0.717, 1.165) is 11.3 Å². The third-order valence-corrected chi connectivity index (χ3v) is 4.38. The van der Waals surface area contributed by atoms with Gasteiger partial charge in [0.2, 0.25) is 0 Å². The summed E-state index contributed by atoms with van der Waals surface area (Å²) >= 11 is 12.9. The molecule has 3 rings (SSSR count). The zero-order valence-corrected chi connectivity index (χ0v) is 11.7. The monoisotopic (exact) mass is 291 g/mol. The minimum absolute atomic E-state index is 0.177. The predicted molar refractivity (Wildman–Crippen MR) is 77.9 cm³/mol. The maximum Gasteiger partial charge on any atom is 0.257 e. The number of halogens is 2. The second kappa shape index (κ2) is 4.26. The van der Waals surface area contributed by atoms with Crippen LogP contribution in [0.5, 0.6) is 0 Å². The first-order chi connectivity index (χ1) is 9.06. The summed E-state index contributed by atoms with van der Waals surface area (Å²) in [7, 11) is 1.72. The average molecular weight is 292 g/mol. The van der Waals surface area contributed by atoms with Gasteiger partial charge in [0.1, 0.15) is 0 Å². The Kier molecular flexibility index (Phi) is 2.80. The fraction of sp³-hybridized carbons (Fsp3) is 0.133. The number of alkyl halides is 1. The lowest BCUT2D eigenvalue weighted by Crippen LogP contribution is -2.35. The van der Waals surface area contributed by atoms with Crippen LogP contribution in [-0.2, 0) is 9.67 Å². The Morgan fingerprint density at radius 3 is 2.26 bits per heavy atom. The van der Waals surface area contributed by atoms with E-state index in [1.165, 1.54) is 0 Å². The number of anilines is 1. The number of carbonyl (C=O) groups is 1. The first kappa shape index (κ1) is 12.5. The Morgan fingerprint density at radius 2 is 1.58 bits per heavy atom. The zero-order valence-electron chi connectivity index (χ0n) is 10.2. The quantitative estimate of drug-likeness (QED) is 0.732. The van der Waals surface area contributed by atoms with E-state index < -0.39 is 4.87 Å². The van der Waals surface area contributed by atoms with Gasteiger partial charge in [-0.25, -0.2) is 0 Å². The molecule has 0 fully saturated rings. The summed E-state index contributed by atoms with van der Waals surface area (Å²) in [5, 5.41) is 0.496. The summed E-state index contributed by atoms with van der Waals surface area (Å²) in [6.07, 6.45) is 0. The molecule has 0 radical (unpaired) electrons. The molecule has 2 nitrogen and oxygen atoms in total. The topological polar surface area (TPSA) is 20.3 Å². The molecule has 96 valence electrons. The highest BCUT2D eigenvalue weighted by atomic mass is 35.5. The van der Waals surface area contributed by atoms with Crippen molar-refractivity contribution in [2.45, 2.75) is 4.87 Å². The summed E-state index contributed by atoms with van der Waals surface area (Å²) < 4.78 is 0. The first-order valence-corrected chi connectivity index (χ1v) is 6.64. The standard InChI is InChI=1S/C15H11Cl2NO/c1-18-13-9-5-3-7-11(13)15(17,14(18)19)10-6-2-4-8-12(10)16/h2-9H,1H3. The summed E-state index contributed by atoms with van der Waals surface area (Å²) in [6.45, 7) is 0. The van der Waals surface area contributed by atoms with Crippen molar-refractivity contribution < 1.29 is 4.79 Å². The molecule has 2 aromatic rings. The van der Waals surface area contributed by atoms with Gasteiger partial charge in [0, 0.05) is 28.9 Å². The number of benzene rings is 2. The maximum atomic E-state index is 12.6. The van der Waals surface area contributed by atoms with Crippen LogP contribution in [0.2, 0.25) is 5.02 Å². The summed E-state index contributed by atoms with van der Waals surface area (Å²) in [6, 6.07) is 14.7. The number of amides is 1. The van der Waals surface area contributed by atoms with Gasteiger partial charge in [0.05, 0.1) is 0 Å². The smallest absolute Gasteiger partial charge is 0.257 e. The molecular formula is C15H11Cl2NO. The van der Waals surface area contributed by atoms with Crippen molar-refractivity contribution in [1.82, 2.24) is 0 Å². The van der Waals surface area contributed by atoms with Crippen LogP contribution in [0.3, 0.4) is 0 Å². The SMILES string of the molecule is CN1C(=O)C(Cl)(c2ccccc2Cl)c2ccccc21. The lowest BCUT2D eigenvalue weighted by atomic mass is 9.91. The molecule has 0 N–H and O–H groups in total. The van der Waals surface area contributed by atoms with Gasteiger partial charge in [-0.15, -0.1) is 0 Å². The van der Waals surface area contributed by atoms with Crippen molar-refractivity contribution in [3.63, 3.8) is 0 Å². The molecule has 0 aliphatic carbocycles. The van der Waals surface area contributed by atoms with Crippen molar-refractivity contribution >= 4 is 34.8 Å². The van der Waals surface area contributed by atoms with Crippen LogP contribution in [-0.4, -0.2) is 13.0 Å². The van der Waals surface area contributed by atoms with Gasteiger partial charge in [-0.05, 0) is 12.1 Å². The molecule has 1 unspecified atom stereocenters. The van der Waals surface area contributed by atoms with Crippen LogP contribution in [0, 0.1) is 0 Å². The molecule has 1 atom stereocenters. The molecule has 19 heavy (non-hydrogen) atoms. The van der Waals surface area contributed by atoms with Gasteiger partial charge in [-0.1, -0.05) is 59.6 Å². The van der Waals surface area contributed by atoms with Gasteiger partial charge in [0.25, 0.3) is 5.91 Å². The summed E-state index contributed by atoms with van der Waals surface area (Å²) in [4.78, 5) is 12.9. The highest BCUT2D eigenvalue weighted by Crippen LogP contribution is 2.49. The number of likely N-dealkylation sites (N-methyl/N-ethyl adjacent to an activating group) is 1. The van der Waals surface area contributed by atoms with Gasteiger partial charge in [-0.2, -0.15) is 0 Å². The van der Waals surface area contributed by atoms with E-state index in [0.29, 0.717) is 10.6 Å². The lowest BCUT2D eigenvalue weighted by Gasteiger charge is -2.22. The number of hydrogen-bond acceptors (Lipinski definition) is 1. The Hall–Kier alpha value is -1.51. The fourth-order valence-electron chi connectivity index (χ4n) is 2.51. The largest absolute Gasteiger partial charge is 0.313 e. The normalized spacial score (nSPS) is 21.6. The highest BCUT2D eigenvalue weighted by molar-refractivity contribution is 6.43.